The lowest BCUT2D eigenvalue weighted by Crippen LogP contribution is -2.37. The Balaban J connectivity index is 0.00000420. The zero-order valence-electron chi connectivity index (χ0n) is 16.2. The molecular weight excluding hydrogens is 518 g/mol. The molecule has 0 saturated heterocycles. The number of alkyl halides is 3. The van der Waals surface area contributed by atoms with E-state index in [9.17, 15) is 18.0 Å². The number of rotatable bonds is 6. The highest BCUT2D eigenvalue weighted by Gasteiger charge is 2.33. The Morgan fingerprint density at radius 1 is 1.21 bits per heavy atom. The number of guanidine groups is 1. The number of carbonyl (C=O) groups excluding carboxylic acids is 1. The summed E-state index contributed by atoms with van der Waals surface area (Å²) in [5.41, 5.74) is 0.720. The Bertz CT molecular complexity index is 822. The molecule has 1 aromatic heterocycles. The van der Waals surface area contributed by atoms with Crippen LogP contribution in [0.5, 0.6) is 0 Å². The summed E-state index contributed by atoms with van der Waals surface area (Å²) in [4.78, 5) is 21.1. The highest BCUT2D eigenvalue weighted by Crippen LogP contribution is 2.29. The number of carbonyl (C=O) groups is 1. The number of nitrogens with zero attached hydrogens (tertiary/aromatic N) is 3. The van der Waals surface area contributed by atoms with Crippen molar-refractivity contribution < 1.29 is 18.0 Å². The van der Waals surface area contributed by atoms with Crippen molar-refractivity contribution in [2.45, 2.75) is 19.1 Å². The smallest absolute Gasteiger partial charge is 0.356 e. The highest BCUT2D eigenvalue weighted by molar-refractivity contribution is 14.0. The third kappa shape index (κ3) is 7.80. The monoisotopic (exact) mass is 541 g/mol. The van der Waals surface area contributed by atoms with E-state index in [2.05, 4.69) is 20.6 Å². The van der Waals surface area contributed by atoms with E-state index in [4.69, 9.17) is 0 Å². The van der Waals surface area contributed by atoms with Crippen LogP contribution >= 0.6 is 35.3 Å². The van der Waals surface area contributed by atoms with Crippen molar-refractivity contribution in [1.82, 2.24) is 20.5 Å². The van der Waals surface area contributed by atoms with E-state index in [1.807, 2.05) is 12.1 Å². The van der Waals surface area contributed by atoms with E-state index in [1.54, 1.807) is 33.3 Å². The zero-order valence-corrected chi connectivity index (χ0v) is 19.4. The molecule has 0 saturated carbocycles. The van der Waals surface area contributed by atoms with Crippen LogP contribution in [0.2, 0.25) is 0 Å². The number of hydrogen-bond acceptors (Lipinski definition) is 4. The summed E-state index contributed by atoms with van der Waals surface area (Å²) in [6.45, 7) is 0.895. The molecule has 1 heterocycles. The lowest BCUT2D eigenvalue weighted by molar-refractivity contribution is -0.140. The Morgan fingerprint density at radius 3 is 2.38 bits per heavy atom. The molecular formula is C18H23F3IN5OS. The number of halogens is 4. The molecule has 0 fully saturated rings. The SMILES string of the molecule is CN=C(NCCc1nc(C(F)(F)F)cs1)NCc1ccc(C(=O)N(C)C)cc1.I. The number of aromatic nitrogens is 1. The van der Waals surface area contributed by atoms with Gasteiger partial charge in [0.2, 0.25) is 0 Å². The van der Waals surface area contributed by atoms with Crippen LogP contribution in [0.4, 0.5) is 13.2 Å². The van der Waals surface area contributed by atoms with Gasteiger partial charge in [-0.15, -0.1) is 35.3 Å². The molecule has 1 aromatic carbocycles. The maximum atomic E-state index is 12.6. The molecule has 6 nitrogen and oxygen atoms in total. The first kappa shape index (κ1) is 25.1. The summed E-state index contributed by atoms with van der Waals surface area (Å²) in [7, 11) is 5.01. The van der Waals surface area contributed by atoms with Crippen LogP contribution < -0.4 is 10.6 Å². The van der Waals surface area contributed by atoms with Crippen LogP contribution in [0.25, 0.3) is 0 Å². The normalized spacial score (nSPS) is 11.6. The van der Waals surface area contributed by atoms with Crippen molar-refractivity contribution in [3.63, 3.8) is 0 Å². The summed E-state index contributed by atoms with van der Waals surface area (Å²) < 4.78 is 37.7. The molecule has 11 heteroatoms. The maximum absolute atomic E-state index is 12.6. The van der Waals surface area contributed by atoms with Crippen molar-refractivity contribution >= 4 is 47.2 Å². The van der Waals surface area contributed by atoms with Gasteiger partial charge in [0, 0.05) is 51.6 Å². The molecule has 29 heavy (non-hydrogen) atoms. The van der Waals surface area contributed by atoms with Gasteiger partial charge in [-0.1, -0.05) is 12.1 Å². The third-order valence-corrected chi connectivity index (χ3v) is 4.67. The Hall–Kier alpha value is -1.89. The van der Waals surface area contributed by atoms with Gasteiger partial charge in [0.05, 0.1) is 5.01 Å². The average molecular weight is 541 g/mol. The minimum atomic E-state index is -4.41. The lowest BCUT2D eigenvalue weighted by Gasteiger charge is -2.13. The van der Waals surface area contributed by atoms with Crippen LogP contribution in [0.1, 0.15) is 26.6 Å². The summed E-state index contributed by atoms with van der Waals surface area (Å²) in [5.74, 6) is 0.467. The Morgan fingerprint density at radius 2 is 1.86 bits per heavy atom. The van der Waals surface area contributed by atoms with Gasteiger partial charge >= 0.3 is 6.18 Å². The van der Waals surface area contributed by atoms with Gasteiger partial charge in [-0.05, 0) is 17.7 Å². The fraction of sp³-hybridized carbons (Fsp3) is 0.389. The number of amides is 1. The number of nitrogens with one attached hydrogen (secondary N) is 2. The third-order valence-electron chi connectivity index (χ3n) is 3.76. The molecule has 0 atom stereocenters. The second kappa shape index (κ2) is 11.3. The van der Waals surface area contributed by atoms with Crippen molar-refractivity contribution in [2.24, 2.45) is 4.99 Å². The molecule has 2 rings (SSSR count). The van der Waals surface area contributed by atoms with Gasteiger partial charge in [0.25, 0.3) is 5.91 Å². The van der Waals surface area contributed by atoms with E-state index in [0.717, 1.165) is 22.3 Å². The molecule has 2 N–H and O–H groups in total. The van der Waals surface area contributed by atoms with E-state index in [0.29, 0.717) is 36.0 Å². The Labute approximate surface area is 188 Å². The standard InChI is InChI=1S/C18H22F3N5OS.HI/c1-22-17(23-9-8-15-25-14(11-28-15)18(19,20)21)24-10-12-4-6-13(7-5-12)16(27)26(2)3;/h4-7,11H,8-10H2,1-3H3,(H2,22,23,24);1H. The predicted octanol–water partition coefficient (Wildman–Crippen LogP) is 3.39. The van der Waals surface area contributed by atoms with Crippen LogP contribution in [0.15, 0.2) is 34.6 Å². The minimum absolute atomic E-state index is 0. The maximum Gasteiger partial charge on any atom is 0.434 e. The van der Waals surface area contributed by atoms with Gasteiger partial charge in [-0.2, -0.15) is 13.2 Å². The first-order chi connectivity index (χ1) is 13.2. The van der Waals surface area contributed by atoms with Crippen molar-refractivity contribution in [2.75, 3.05) is 27.7 Å². The molecule has 1 amide bonds. The number of benzene rings is 1. The van der Waals surface area contributed by atoms with Gasteiger partial charge < -0.3 is 15.5 Å². The van der Waals surface area contributed by atoms with Gasteiger partial charge in [0.15, 0.2) is 11.7 Å². The van der Waals surface area contributed by atoms with Gasteiger partial charge in [-0.3, -0.25) is 9.79 Å². The van der Waals surface area contributed by atoms with Gasteiger partial charge in [0.1, 0.15) is 0 Å². The van der Waals surface area contributed by atoms with Crippen LogP contribution in [0.3, 0.4) is 0 Å². The molecule has 0 bridgehead atoms. The molecule has 0 aliphatic carbocycles. The number of hydrogen-bond donors (Lipinski definition) is 2. The largest absolute Gasteiger partial charge is 0.434 e. The quantitative estimate of drug-likeness (QED) is 0.335. The number of thiazole rings is 1. The predicted molar refractivity (Wildman–Crippen MR) is 119 cm³/mol. The van der Waals surface area contributed by atoms with E-state index < -0.39 is 11.9 Å². The highest BCUT2D eigenvalue weighted by atomic mass is 127. The second-order valence-corrected chi connectivity index (χ2v) is 7.07. The molecule has 0 radical (unpaired) electrons. The first-order valence-corrected chi connectivity index (χ1v) is 9.35. The zero-order chi connectivity index (χ0) is 20.7. The number of aliphatic imine (C=N–C) groups is 1. The summed E-state index contributed by atoms with van der Waals surface area (Å²) in [6, 6.07) is 7.23. The fourth-order valence-corrected chi connectivity index (χ4v) is 3.08. The second-order valence-electron chi connectivity index (χ2n) is 6.12. The average Bonchev–Trinajstić information content (AvgIpc) is 3.13. The van der Waals surface area contributed by atoms with Crippen molar-refractivity contribution in [1.29, 1.82) is 0 Å². The molecule has 2 aromatic rings. The van der Waals surface area contributed by atoms with E-state index in [-0.39, 0.29) is 29.9 Å². The fourth-order valence-electron chi connectivity index (χ4n) is 2.27. The summed E-state index contributed by atoms with van der Waals surface area (Å²) in [5, 5.41) is 7.60. The van der Waals surface area contributed by atoms with Crippen molar-refractivity contribution in [3.05, 3.63) is 51.5 Å². The molecule has 0 aliphatic heterocycles. The molecule has 160 valence electrons. The van der Waals surface area contributed by atoms with Crippen LogP contribution in [-0.2, 0) is 19.1 Å². The molecule has 0 unspecified atom stereocenters. The summed E-state index contributed by atoms with van der Waals surface area (Å²) >= 11 is 0.989. The minimum Gasteiger partial charge on any atom is -0.356 e. The van der Waals surface area contributed by atoms with Crippen LogP contribution in [0, 0.1) is 0 Å². The van der Waals surface area contributed by atoms with Crippen molar-refractivity contribution in [3.8, 4) is 0 Å². The molecule has 0 spiro atoms. The van der Waals surface area contributed by atoms with E-state index in [1.165, 1.54) is 4.90 Å². The lowest BCUT2D eigenvalue weighted by atomic mass is 10.1. The topological polar surface area (TPSA) is 69.6 Å². The molecule has 0 aliphatic rings. The van der Waals surface area contributed by atoms with Gasteiger partial charge in [-0.25, -0.2) is 4.98 Å². The summed E-state index contributed by atoms with van der Waals surface area (Å²) in [6.07, 6.45) is -4.05. The van der Waals surface area contributed by atoms with Crippen LogP contribution in [-0.4, -0.2) is 49.4 Å². The Kier molecular flexibility index (Phi) is 9.83. The van der Waals surface area contributed by atoms with E-state index >= 15 is 0 Å². The first-order valence-electron chi connectivity index (χ1n) is 8.47.